The van der Waals surface area contributed by atoms with E-state index in [0.717, 1.165) is 12.7 Å². The average Bonchev–Trinajstić information content (AvgIpc) is 2.64. The number of rotatable bonds is 8. The molecule has 0 bridgehead atoms. The van der Waals surface area contributed by atoms with Crippen molar-refractivity contribution in [3.05, 3.63) is 44.1 Å². The van der Waals surface area contributed by atoms with Crippen LogP contribution in [-0.4, -0.2) is 40.3 Å². The third-order valence-electron chi connectivity index (χ3n) is 3.90. The highest BCUT2D eigenvalue weighted by atomic mass is 127. The quantitative estimate of drug-likeness (QED) is 0.237. The van der Waals surface area contributed by atoms with Gasteiger partial charge in [-0.05, 0) is 147 Å². The summed E-state index contributed by atoms with van der Waals surface area (Å²) in [6.45, 7) is 4.95. The molecular weight excluding hydrogens is 870 g/mol. The summed E-state index contributed by atoms with van der Waals surface area (Å²) in [7, 11) is 0. The number of nitrogens with one attached hydrogen (secondary N) is 1. The molecule has 0 amide bonds. The summed E-state index contributed by atoms with van der Waals surface area (Å²) >= 11 is 8.44. The van der Waals surface area contributed by atoms with Crippen molar-refractivity contribution in [1.82, 2.24) is 5.32 Å². The second-order valence-corrected chi connectivity index (χ2v) is 12.4. The van der Waals surface area contributed by atoms with Crippen LogP contribution in [0.5, 0.6) is 17.2 Å². The molecule has 2 rings (SSSR count). The van der Waals surface area contributed by atoms with Crippen LogP contribution in [0.15, 0.2) is 24.3 Å². The van der Waals surface area contributed by atoms with E-state index in [1.54, 1.807) is 32.9 Å². The maximum absolute atomic E-state index is 12.6. The first kappa shape index (κ1) is 28.1. The molecule has 2 aromatic carbocycles. The van der Waals surface area contributed by atoms with E-state index in [1.165, 1.54) is 0 Å². The molecule has 0 aliphatic rings. The van der Waals surface area contributed by atoms with Gasteiger partial charge >= 0.3 is 11.9 Å². The summed E-state index contributed by atoms with van der Waals surface area (Å²) in [5.74, 6) is -0.0585. The molecule has 7 nitrogen and oxygen atoms in total. The fraction of sp³-hybridized carbons (Fsp3) is 0.333. The number of aromatic hydroxyl groups is 1. The molecule has 0 saturated carbocycles. The molecule has 2 aromatic rings. The van der Waals surface area contributed by atoms with Crippen molar-refractivity contribution in [3.63, 3.8) is 0 Å². The average molecular weight is 891 g/mol. The van der Waals surface area contributed by atoms with Crippen LogP contribution in [0.2, 0.25) is 0 Å². The molecular formula is C21H21I4NO6. The predicted octanol–water partition coefficient (Wildman–Crippen LogP) is 5.53. The second kappa shape index (κ2) is 12.0. The highest BCUT2D eigenvalue weighted by Gasteiger charge is 2.26. The minimum absolute atomic E-state index is 0.223. The number of carbonyl (C=O) groups is 2. The maximum atomic E-state index is 12.6. The number of ether oxygens (including phenoxy) is 2. The van der Waals surface area contributed by atoms with E-state index >= 15 is 0 Å². The van der Waals surface area contributed by atoms with Gasteiger partial charge in [0.1, 0.15) is 23.1 Å². The number of halogens is 4. The number of phenols is 1. The molecule has 0 aliphatic heterocycles. The number of benzene rings is 2. The summed E-state index contributed by atoms with van der Waals surface area (Å²) in [6.07, 6.45) is 0.267. The molecule has 1 atom stereocenters. The smallest absolute Gasteiger partial charge is 0.324 e. The van der Waals surface area contributed by atoms with Gasteiger partial charge in [-0.2, -0.15) is 0 Å². The third-order valence-corrected chi connectivity index (χ3v) is 7.15. The van der Waals surface area contributed by atoms with Crippen molar-refractivity contribution in [2.75, 3.05) is 6.54 Å². The molecule has 174 valence electrons. The van der Waals surface area contributed by atoms with Crippen molar-refractivity contribution >= 4 is 102 Å². The van der Waals surface area contributed by atoms with Gasteiger partial charge in [0.2, 0.25) is 0 Å². The van der Waals surface area contributed by atoms with E-state index in [2.05, 4.69) is 95.7 Å². The first-order valence-corrected chi connectivity index (χ1v) is 13.6. The minimum Gasteiger partial charge on any atom is -0.506 e. The summed E-state index contributed by atoms with van der Waals surface area (Å²) in [6, 6.07) is 6.51. The van der Waals surface area contributed by atoms with Gasteiger partial charge in [-0.3, -0.25) is 14.9 Å². The van der Waals surface area contributed by atoms with Crippen LogP contribution >= 0.6 is 90.4 Å². The van der Waals surface area contributed by atoms with Crippen LogP contribution in [0.4, 0.5) is 0 Å². The van der Waals surface area contributed by atoms with Crippen molar-refractivity contribution in [2.24, 2.45) is 0 Å². The Morgan fingerprint density at radius 1 is 1.00 bits per heavy atom. The fourth-order valence-electron chi connectivity index (χ4n) is 2.60. The van der Waals surface area contributed by atoms with Crippen molar-refractivity contribution in [2.45, 2.75) is 38.8 Å². The summed E-state index contributed by atoms with van der Waals surface area (Å²) in [5.41, 5.74) is 0.162. The molecule has 0 saturated heterocycles. The molecule has 3 N–H and O–H groups in total. The van der Waals surface area contributed by atoms with E-state index in [-0.39, 0.29) is 18.7 Å². The second-order valence-electron chi connectivity index (χ2n) is 7.79. The summed E-state index contributed by atoms with van der Waals surface area (Å²) in [5, 5.41) is 21.7. The molecule has 32 heavy (non-hydrogen) atoms. The molecule has 0 spiro atoms. The van der Waals surface area contributed by atoms with Crippen molar-refractivity contribution in [1.29, 1.82) is 0 Å². The van der Waals surface area contributed by atoms with E-state index in [0.29, 0.717) is 18.6 Å². The first-order chi connectivity index (χ1) is 14.8. The Hall–Kier alpha value is -0.140. The predicted molar refractivity (Wildman–Crippen MR) is 154 cm³/mol. The third kappa shape index (κ3) is 8.57. The lowest BCUT2D eigenvalue weighted by molar-refractivity contribution is -0.157. The van der Waals surface area contributed by atoms with Gasteiger partial charge in [0.25, 0.3) is 0 Å². The molecule has 0 aromatic heterocycles. The molecule has 0 radical (unpaired) electrons. The minimum atomic E-state index is -1.05. The van der Waals surface area contributed by atoms with Crippen molar-refractivity contribution in [3.8, 4) is 17.2 Å². The van der Waals surface area contributed by atoms with Crippen LogP contribution in [0.1, 0.15) is 26.3 Å². The van der Waals surface area contributed by atoms with E-state index in [9.17, 15) is 14.7 Å². The fourth-order valence-corrected chi connectivity index (χ4v) is 6.43. The zero-order chi connectivity index (χ0) is 24.2. The SMILES string of the molecule is CC(C)(C)OC(=O)[C@H](Cc1cc(I)c(Oc2cc(I)c(O)c(I)c2)c(I)c1)NCC(=O)O. The topological polar surface area (TPSA) is 105 Å². The highest BCUT2D eigenvalue weighted by molar-refractivity contribution is 14.1. The zero-order valence-corrected chi connectivity index (χ0v) is 26.0. The Morgan fingerprint density at radius 3 is 2.00 bits per heavy atom. The summed E-state index contributed by atoms with van der Waals surface area (Å²) in [4.78, 5) is 23.6. The number of carbonyl (C=O) groups excluding carboxylic acids is 1. The van der Waals surface area contributed by atoms with E-state index in [4.69, 9.17) is 14.6 Å². The van der Waals surface area contributed by atoms with E-state index < -0.39 is 23.6 Å². The van der Waals surface area contributed by atoms with Crippen LogP contribution in [-0.2, 0) is 20.7 Å². The van der Waals surface area contributed by atoms with Crippen LogP contribution in [0, 0.1) is 14.3 Å². The number of carboxylic acid groups (broad SMARTS) is 1. The van der Waals surface area contributed by atoms with Gasteiger partial charge in [0.15, 0.2) is 5.75 Å². The molecule has 0 heterocycles. The standard InChI is InChI=1S/C21H21I4NO6/c1-21(2,3)32-20(30)16(26-9-17(27)28)6-10-4-14(24)19(15(25)5-10)31-11-7-12(22)18(29)13(23)8-11/h4-5,7-8,16,26,29H,6,9H2,1-3H3,(H,27,28)/t16-/m0/s1. The Bertz CT molecular complexity index is 976. The largest absolute Gasteiger partial charge is 0.506 e. The highest BCUT2D eigenvalue weighted by Crippen LogP contribution is 2.37. The summed E-state index contributed by atoms with van der Waals surface area (Å²) < 4.78 is 14.6. The number of carboxylic acids is 1. The Labute approximate surface area is 241 Å². The van der Waals surface area contributed by atoms with Gasteiger partial charge < -0.3 is 19.7 Å². The number of hydrogen-bond acceptors (Lipinski definition) is 6. The van der Waals surface area contributed by atoms with Gasteiger partial charge in [0, 0.05) is 0 Å². The van der Waals surface area contributed by atoms with E-state index in [1.807, 2.05) is 12.1 Å². The molecule has 11 heteroatoms. The maximum Gasteiger partial charge on any atom is 0.324 e. The normalized spacial score (nSPS) is 12.3. The number of phenolic OH excluding ortho intramolecular Hbond substituents is 1. The van der Waals surface area contributed by atoms with Crippen LogP contribution in [0.25, 0.3) is 0 Å². The van der Waals surface area contributed by atoms with Crippen LogP contribution < -0.4 is 10.1 Å². The van der Waals surface area contributed by atoms with Gasteiger partial charge in [-0.15, -0.1) is 0 Å². The number of aliphatic carboxylic acids is 1. The number of esters is 1. The lowest BCUT2D eigenvalue weighted by Gasteiger charge is -2.24. The Kier molecular flexibility index (Phi) is 10.5. The zero-order valence-electron chi connectivity index (χ0n) is 17.3. The Balaban J connectivity index is 2.27. The van der Waals surface area contributed by atoms with Crippen molar-refractivity contribution < 1.29 is 29.3 Å². The monoisotopic (exact) mass is 891 g/mol. The number of hydrogen-bond donors (Lipinski definition) is 3. The Morgan fingerprint density at radius 2 is 1.53 bits per heavy atom. The van der Waals surface area contributed by atoms with Gasteiger partial charge in [0.05, 0.1) is 20.8 Å². The lowest BCUT2D eigenvalue weighted by atomic mass is 10.1. The molecule has 0 unspecified atom stereocenters. The van der Waals surface area contributed by atoms with Gasteiger partial charge in [-0.1, -0.05) is 0 Å². The lowest BCUT2D eigenvalue weighted by Crippen LogP contribution is -2.44. The molecule has 0 aliphatic carbocycles. The van der Waals surface area contributed by atoms with Gasteiger partial charge in [-0.25, -0.2) is 0 Å². The van der Waals surface area contributed by atoms with Crippen LogP contribution in [0.3, 0.4) is 0 Å². The molecule has 0 fully saturated rings. The first-order valence-electron chi connectivity index (χ1n) is 9.28.